The van der Waals surface area contributed by atoms with Crippen LogP contribution in [0.1, 0.15) is 0 Å². The molecule has 65 heavy (non-hydrogen) atoms. The van der Waals surface area contributed by atoms with Gasteiger partial charge in [0, 0.05) is 181 Å². The number of anilines is 3. The van der Waals surface area contributed by atoms with Crippen molar-refractivity contribution in [2.45, 2.75) is 0 Å². The van der Waals surface area contributed by atoms with E-state index in [1.165, 1.54) is 46.9 Å². The average Bonchev–Trinajstić information content (AvgIpc) is 3.25. The van der Waals surface area contributed by atoms with Crippen LogP contribution in [0.15, 0.2) is 103 Å². The summed E-state index contributed by atoms with van der Waals surface area (Å²) in [4.78, 5) is 32.5. The van der Waals surface area contributed by atoms with Crippen LogP contribution in [0.4, 0.5) is 22.7 Å². The fraction of sp³-hybridized carbons (Fsp3) is 0.234. The molecule has 0 amide bonds. The molecular formula is C47H51N10O2S3Y3+3. The van der Waals surface area contributed by atoms with Gasteiger partial charge < -0.3 is 15.1 Å². The SMILES string of the molecule is CN(C)c1ccc2nc3ccc(=[N+](C)C)c([N+](=O)[O-])c-3sc2c1.CN(C)c1ccc2nc3ccc(=[N+](C)C)cc-3sc2c1.CNc1ccc2nc3ccc(=[N+](C)C)cc-3sc2c1.[Y].[Y].[Y]. The maximum Gasteiger partial charge on any atom is 0.358 e. The van der Waals surface area contributed by atoms with Crippen molar-refractivity contribution in [3.63, 3.8) is 0 Å². The molecule has 0 fully saturated rings. The molecule has 3 aliphatic carbocycles. The molecule has 3 aliphatic heterocycles. The van der Waals surface area contributed by atoms with Gasteiger partial charge in [0.25, 0.3) is 5.36 Å². The zero-order valence-electron chi connectivity index (χ0n) is 38.6. The molecule has 0 aromatic heterocycles. The molecule has 325 valence electrons. The molecule has 1 N–H and O–H groups in total. The minimum atomic E-state index is -0.322. The molecule has 0 spiro atoms. The summed E-state index contributed by atoms with van der Waals surface area (Å²) in [6, 6.07) is 35.0. The van der Waals surface area contributed by atoms with E-state index in [0.29, 0.717) is 15.9 Å². The van der Waals surface area contributed by atoms with E-state index in [0.717, 1.165) is 44.0 Å². The van der Waals surface area contributed by atoms with Gasteiger partial charge in [0.1, 0.15) is 47.2 Å². The summed E-state index contributed by atoms with van der Waals surface area (Å²) < 4.78 is 9.34. The first kappa shape index (κ1) is 54.5. The van der Waals surface area contributed by atoms with E-state index in [1.54, 1.807) is 47.4 Å². The molecule has 12 nitrogen and oxygen atoms in total. The molecule has 0 unspecified atom stereocenters. The maximum atomic E-state index is 11.6. The number of nitrogens with zero attached hydrogens (tertiary/aromatic N) is 9. The van der Waals surface area contributed by atoms with Gasteiger partial charge in [0.05, 0.1) is 62.4 Å². The van der Waals surface area contributed by atoms with Crippen molar-refractivity contribution >= 4 is 87.4 Å². The number of nitrogens with one attached hydrogen (secondary N) is 1. The van der Waals surface area contributed by atoms with Crippen LogP contribution in [0.2, 0.25) is 0 Å². The quantitative estimate of drug-likeness (QED) is 0.0843. The Kier molecular flexibility index (Phi) is 19.9. The zero-order valence-corrected chi connectivity index (χ0v) is 49.6. The van der Waals surface area contributed by atoms with Gasteiger partial charge in [-0.25, -0.2) is 28.7 Å². The molecule has 3 aromatic carbocycles. The first-order valence-electron chi connectivity index (χ1n) is 19.8. The standard InChI is InChI=1S/C16H17N4O2S.C16H18N3S.C15H15N3S.3Y/c1-18(2)10-5-6-11-14(9-10)23-16-12(17-11)7-8-13(19(3)4)15(16)20(21)22;1-18(2)11-5-7-13-15(9-11)20-16-10-12(19(3)4)6-8-14(16)17-13;1-16-10-4-6-12-14(8-10)19-15-9-11(18(2)3)5-7-13(15)17-12;;;/h5-9H,1-4H3;5-10H,1-4H3;4-9H,1-3H3;;;/q2*+1;;;;/p+1. The van der Waals surface area contributed by atoms with Crippen LogP contribution in [0.5, 0.6) is 0 Å². The summed E-state index contributed by atoms with van der Waals surface area (Å²) in [5.41, 5.74) is 9.21. The summed E-state index contributed by atoms with van der Waals surface area (Å²) in [5.74, 6) is 0. The van der Waals surface area contributed by atoms with Crippen molar-refractivity contribution in [1.29, 1.82) is 0 Å². The fourth-order valence-corrected chi connectivity index (χ4v) is 9.86. The van der Waals surface area contributed by atoms with Gasteiger partial charge in [0.2, 0.25) is 10.7 Å². The second-order valence-corrected chi connectivity index (χ2v) is 18.9. The molecule has 0 bridgehead atoms. The number of fused-ring (bicyclic) bond motifs is 6. The Morgan fingerprint density at radius 3 is 1.38 bits per heavy atom. The van der Waals surface area contributed by atoms with Crippen LogP contribution < -0.4 is 44.9 Å². The molecular weight excluding hydrogens is 1100 g/mol. The maximum absolute atomic E-state index is 11.6. The number of nitro benzene ring substituents is 1. The summed E-state index contributed by atoms with van der Waals surface area (Å²) in [5, 5.41) is 17.8. The Bertz CT molecular complexity index is 3260. The normalized spacial score (nSPS) is 10.4. The second-order valence-electron chi connectivity index (χ2n) is 15.7. The molecule has 3 aromatic rings. The van der Waals surface area contributed by atoms with Crippen molar-refractivity contribution in [3.05, 3.63) is 129 Å². The number of hydrogen-bond acceptors (Lipinski definition) is 11. The van der Waals surface area contributed by atoms with Crippen LogP contribution >= 0.6 is 34.0 Å². The van der Waals surface area contributed by atoms with E-state index < -0.39 is 0 Å². The van der Waals surface area contributed by atoms with Crippen LogP contribution in [-0.2, 0) is 98.1 Å². The summed E-state index contributed by atoms with van der Waals surface area (Å²) >= 11 is 4.99. The second kappa shape index (κ2) is 23.8. The van der Waals surface area contributed by atoms with Crippen LogP contribution in [-0.4, -0.2) is 97.4 Å². The Balaban J connectivity index is 0.000000210. The van der Waals surface area contributed by atoms with Gasteiger partial charge in [-0.2, -0.15) is 0 Å². The Morgan fingerprint density at radius 1 is 0.523 bits per heavy atom. The largest absolute Gasteiger partial charge is 0.388 e. The molecule has 9 rings (SSSR count). The molecule has 3 heterocycles. The van der Waals surface area contributed by atoms with E-state index >= 15 is 0 Å². The molecule has 6 aliphatic rings. The minimum Gasteiger partial charge on any atom is -0.388 e. The fourth-order valence-electron chi connectivity index (χ4n) is 6.68. The zero-order chi connectivity index (χ0) is 44.4. The van der Waals surface area contributed by atoms with Crippen molar-refractivity contribution in [2.24, 2.45) is 0 Å². The van der Waals surface area contributed by atoms with Gasteiger partial charge in [-0.05, 0) is 72.8 Å². The van der Waals surface area contributed by atoms with Gasteiger partial charge >= 0.3 is 5.69 Å². The summed E-state index contributed by atoms with van der Waals surface area (Å²) in [7, 11) is 21.8. The number of nitro groups is 1. The number of hydrogen-bond donors (Lipinski definition) is 1. The van der Waals surface area contributed by atoms with Gasteiger partial charge in [-0.3, -0.25) is 10.1 Å². The van der Waals surface area contributed by atoms with Crippen LogP contribution in [0, 0.1) is 10.1 Å². The van der Waals surface area contributed by atoms with Crippen molar-refractivity contribution in [3.8, 4) is 31.7 Å². The van der Waals surface area contributed by atoms with Gasteiger partial charge in [-0.15, -0.1) is 34.0 Å². The first-order chi connectivity index (χ1) is 29.6. The predicted octanol–water partition coefficient (Wildman–Crippen LogP) is 7.37. The third-order valence-electron chi connectivity index (χ3n) is 10.2. The average molecular weight is 1150 g/mol. The molecule has 0 saturated carbocycles. The minimum absolute atomic E-state index is 0. The van der Waals surface area contributed by atoms with Crippen LogP contribution in [0.3, 0.4) is 0 Å². The van der Waals surface area contributed by atoms with Gasteiger partial charge in [0.15, 0.2) is 0 Å². The van der Waals surface area contributed by atoms with Crippen molar-refractivity contribution in [1.82, 2.24) is 28.7 Å². The van der Waals surface area contributed by atoms with Crippen molar-refractivity contribution < 1.29 is 103 Å². The smallest absolute Gasteiger partial charge is 0.358 e. The topological polar surface area (TPSA) is 109 Å². The van der Waals surface area contributed by atoms with E-state index in [2.05, 4.69) is 139 Å². The van der Waals surface area contributed by atoms with E-state index in [4.69, 9.17) is 9.97 Å². The monoisotopic (exact) mass is 1150 g/mol. The Labute approximate surface area is 467 Å². The van der Waals surface area contributed by atoms with Gasteiger partial charge in [-0.1, -0.05) is 0 Å². The number of aromatic nitrogens is 3. The Morgan fingerprint density at radius 2 is 0.954 bits per heavy atom. The van der Waals surface area contributed by atoms with E-state index in [-0.39, 0.29) is 109 Å². The number of rotatable bonds is 4. The van der Waals surface area contributed by atoms with Crippen LogP contribution in [0.25, 0.3) is 62.4 Å². The van der Waals surface area contributed by atoms with E-state index in [9.17, 15) is 10.1 Å². The molecule has 3 radical (unpaired) electrons. The van der Waals surface area contributed by atoms with Crippen molar-refractivity contribution in [2.75, 3.05) is 92.6 Å². The summed E-state index contributed by atoms with van der Waals surface area (Å²) in [6.07, 6.45) is 0. The third kappa shape index (κ3) is 12.7. The van der Waals surface area contributed by atoms with E-state index in [1.807, 2.05) is 50.3 Å². The Hall–Kier alpha value is -3.11. The number of benzene rings is 6. The molecule has 18 heteroatoms. The first-order valence-corrected chi connectivity index (χ1v) is 22.3. The molecule has 0 saturated heterocycles. The summed E-state index contributed by atoms with van der Waals surface area (Å²) in [6.45, 7) is 0. The third-order valence-corrected chi connectivity index (χ3v) is 13.6. The molecule has 0 atom stereocenters. The predicted molar refractivity (Wildman–Crippen MR) is 265 cm³/mol.